The zero-order chi connectivity index (χ0) is 7.68. The third-order valence-corrected chi connectivity index (χ3v) is 2.05. The predicted molar refractivity (Wildman–Crippen MR) is 39.2 cm³/mol. The zero-order valence-corrected chi connectivity index (χ0v) is 6.25. The van der Waals surface area contributed by atoms with Gasteiger partial charge in [0.25, 0.3) is 0 Å². The maximum absolute atomic E-state index is 12.8. The summed E-state index contributed by atoms with van der Waals surface area (Å²) in [6, 6.07) is 1.39. The molecule has 0 aliphatic heterocycles. The minimum absolute atomic E-state index is 0.286. The Labute approximate surface area is 66.1 Å². The van der Waals surface area contributed by atoms with Gasteiger partial charge in [-0.05, 0) is 11.4 Å². The Morgan fingerprint density at radius 3 is 2.64 bits per heavy atom. The van der Waals surface area contributed by atoms with Gasteiger partial charge >= 0.3 is 0 Å². The number of halogens is 1. The summed E-state index contributed by atoms with van der Waals surface area (Å²) in [5.74, 6) is -0.286. The normalized spacial score (nSPS) is 10.3. The van der Waals surface area contributed by atoms with Crippen LogP contribution in [0.4, 0.5) is 4.39 Å². The van der Waals surface area contributed by atoms with E-state index in [0.29, 0.717) is 5.00 Å². The van der Waals surface area contributed by atoms with E-state index in [0.717, 1.165) is 0 Å². The minimum Gasteiger partial charge on any atom is -0.204 e. The minimum atomic E-state index is -0.286. The third kappa shape index (κ3) is 1.03. The second-order valence-corrected chi connectivity index (χ2v) is 2.79. The van der Waals surface area contributed by atoms with Gasteiger partial charge in [0.05, 0.1) is 12.4 Å². The standard InChI is InChI=1S/C6H4FN3S/c7-5-1-4-11-6(5)10-8-2-3-9-10/h1-4H. The number of rotatable bonds is 1. The SMILES string of the molecule is Fc1ccsc1-n1nccn1. The van der Waals surface area contributed by atoms with Crippen LogP contribution in [0.2, 0.25) is 0 Å². The van der Waals surface area contributed by atoms with E-state index in [2.05, 4.69) is 10.2 Å². The molecule has 0 aliphatic rings. The van der Waals surface area contributed by atoms with Crippen LogP contribution >= 0.6 is 11.3 Å². The van der Waals surface area contributed by atoms with Crippen LogP contribution in [0.3, 0.4) is 0 Å². The van der Waals surface area contributed by atoms with Gasteiger partial charge in [-0.2, -0.15) is 10.2 Å². The topological polar surface area (TPSA) is 30.7 Å². The molecule has 0 saturated carbocycles. The molecule has 5 heteroatoms. The van der Waals surface area contributed by atoms with E-state index in [1.54, 1.807) is 5.38 Å². The van der Waals surface area contributed by atoms with Crippen LogP contribution in [0.25, 0.3) is 5.00 Å². The predicted octanol–water partition coefficient (Wildman–Crippen LogP) is 1.47. The van der Waals surface area contributed by atoms with Crippen molar-refractivity contribution >= 4 is 11.3 Å². The fourth-order valence-corrected chi connectivity index (χ4v) is 1.43. The number of aromatic nitrogens is 3. The monoisotopic (exact) mass is 169 g/mol. The summed E-state index contributed by atoms with van der Waals surface area (Å²) in [7, 11) is 0. The van der Waals surface area contributed by atoms with E-state index in [9.17, 15) is 4.39 Å². The van der Waals surface area contributed by atoms with Crippen LogP contribution in [0.1, 0.15) is 0 Å². The van der Waals surface area contributed by atoms with Crippen molar-refractivity contribution < 1.29 is 4.39 Å². The highest BCUT2D eigenvalue weighted by Crippen LogP contribution is 2.17. The number of thiophene rings is 1. The average molecular weight is 169 g/mol. The molecule has 0 aromatic carbocycles. The molecular weight excluding hydrogens is 165 g/mol. The highest BCUT2D eigenvalue weighted by Gasteiger charge is 2.05. The Balaban J connectivity index is 2.53. The third-order valence-electron chi connectivity index (χ3n) is 1.20. The average Bonchev–Trinajstić information content (AvgIpc) is 2.55. The number of nitrogens with zero attached hydrogens (tertiary/aromatic N) is 3. The molecule has 0 bridgehead atoms. The van der Waals surface area contributed by atoms with E-state index >= 15 is 0 Å². The van der Waals surface area contributed by atoms with Crippen molar-refractivity contribution in [3.63, 3.8) is 0 Å². The molecule has 0 aliphatic carbocycles. The summed E-state index contributed by atoms with van der Waals surface area (Å²) in [6.45, 7) is 0. The van der Waals surface area contributed by atoms with Crippen molar-refractivity contribution in [2.75, 3.05) is 0 Å². The first-order valence-electron chi connectivity index (χ1n) is 2.97. The molecule has 3 nitrogen and oxygen atoms in total. The number of hydrogen-bond donors (Lipinski definition) is 0. The van der Waals surface area contributed by atoms with Gasteiger partial charge in [0.15, 0.2) is 10.8 Å². The van der Waals surface area contributed by atoms with Crippen molar-refractivity contribution in [2.45, 2.75) is 0 Å². The molecule has 0 spiro atoms. The molecule has 0 N–H and O–H groups in total. The lowest BCUT2D eigenvalue weighted by molar-refractivity contribution is 0.606. The summed E-state index contributed by atoms with van der Waals surface area (Å²) >= 11 is 1.27. The lowest BCUT2D eigenvalue weighted by atomic mass is 10.6. The Bertz CT molecular complexity index is 340. The van der Waals surface area contributed by atoms with Crippen LogP contribution in [-0.4, -0.2) is 15.0 Å². The first-order valence-corrected chi connectivity index (χ1v) is 3.85. The highest BCUT2D eigenvalue weighted by molar-refractivity contribution is 7.12. The Morgan fingerprint density at radius 2 is 2.09 bits per heavy atom. The van der Waals surface area contributed by atoms with Crippen molar-refractivity contribution in [1.82, 2.24) is 15.0 Å². The van der Waals surface area contributed by atoms with Gasteiger partial charge in [-0.15, -0.1) is 16.1 Å². The molecule has 2 aromatic heterocycles. The smallest absolute Gasteiger partial charge is 0.174 e. The van der Waals surface area contributed by atoms with Crippen LogP contribution in [0, 0.1) is 5.82 Å². The van der Waals surface area contributed by atoms with Gasteiger partial charge < -0.3 is 0 Å². The molecule has 2 aromatic rings. The summed E-state index contributed by atoms with van der Waals surface area (Å²) in [6.07, 6.45) is 3.03. The largest absolute Gasteiger partial charge is 0.204 e. The molecule has 2 heterocycles. The summed E-state index contributed by atoms with van der Waals surface area (Å²) in [5, 5.41) is 9.68. The number of hydrogen-bond acceptors (Lipinski definition) is 3. The van der Waals surface area contributed by atoms with Crippen molar-refractivity contribution in [2.24, 2.45) is 0 Å². The molecule has 0 radical (unpaired) electrons. The summed E-state index contributed by atoms with van der Waals surface area (Å²) < 4.78 is 12.8. The summed E-state index contributed by atoms with van der Waals surface area (Å²) in [4.78, 5) is 1.26. The molecule has 0 saturated heterocycles. The van der Waals surface area contributed by atoms with Gasteiger partial charge in [-0.3, -0.25) is 0 Å². The van der Waals surface area contributed by atoms with E-state index in [-0.39, 0.29) is 5.82 Å². The lowest BCUT2D eigenvalue weighted by Gasteiger charge is -1.91. The lowest BCUT2D eigenvalue weighted by Crippen LogP contribution is -1.96. The van der Waals surface area contributed by atoms with Crippen molar-refractivity contribution in [3.05, 3.63) is 29.7 Å². The molecule has 0 unspecified atom stereocenters. The van der Waals surface area contributed by atoms with Crippen molar-refractivity contribution in [1.29, 1.82) is 0 Å². The molecule has 56 valence electrons. The first kappa shape index (κ1) is 6.48. The van der Waals surface area contributed by atoms with Crippen LogP contribution in [-0.2, 0) is 0 Å². The molecular formula is C6H4FN3S. The van der Waals surface area contributed by atoms with Crippen LogP contribution in [0.5, 0.6) is 0 Å². The Kier molecular flexibility index (Phi) is 1.43. The zero-order valence-electron chi connectivity index (χ0n) is 5.44. The fraction of sp³-hybridized carbons (Fsp3) is 0. The Hall–Kier alpha value is -1.23. The molecule has 0 fully saturated rings. The van der Waals surface area contributed by atoms with Gasteiger partial charge in [-0.25, -0.2) is 4.39 Å². The van der Waals surface area contributed by atoms with E-state index in [1.165, 1.54) is 34.6 Å². The second kappa shape index (κ2) is 2.43. The second-order valence-electron chi connectivity index (χ2n) is 1.89. The van der Waals surface area contributed by atoms with E-state index < -0.39 is 0 Å². The fourth-order valence-electron chi connectivity index (χ4n) is 0.749. The first-order chi connectivity index (χ1) is 5.38. The van der Waals surface area contributed by atoms with E-state index in [4.69, 9.17) is 0 Å². The molecule has 2 rings (SSSR count). The van der Waals surface area contributed by atoms with Gasteiger partial charge in [0, 0.05) is 0 Å². The van der Waals surface area contributed by atoms with Gasteiger partial charge in [-0.1, -0.05) is 0 Å². The van der Waals surface area contributed by atoms with Crippen molar-refractivity contribution in [3.8, 4) is 5.00 Å². The van der Waals surface area contributed by atoms with Gasteiger partial charge in [0.2, 0.25) is 0 Å². The Morgan fingerprint density at radius 1 is 1.36 bits per heavy atom. The highest BCUT2D eigenvalue weighted by atomic mass is 32.1. The summed E-state index contributed by atoms with van der Waals surface area (Å²) in [5.41, 5.74) is 0. The molecule has 0 amide bonds. The van der Waals surface area contributed by atoms with Crippen LogP contribution in [0.15, 0.2) is 23.8 Å². The maximum atomic E-state index is 12.8. The maximum Gasteiger partial charge on any atom is 0.174 e. The van der Waals surface area contributed by atoms with Gasteiger partial charge in [0.1, 0.15) is 0 Å². The quantitative estimate of drug-likeness (QED) is 0.647. The van der Waals surface area contributed by atoms with Crippen LogP contribution < -0.4 is 0 Å². The molecule has 11 heavy (non-hydrogen) atoms. The molecule has 0 atom stereocenters. The van der Waals surface area contributed by atoms with E-state index in [1.807, 2.05) is 0 Å².